The summed E-state index contributed by atoms with van der Waals surface area (Å²) in [6.45, 7) is 2.05. The zero-order chi connectivity index (χ0) is 16.5. The van der Waals surface area contributed by atoms with Crippen LogP contribution in [0.2, 0.25) is 0 Å². The van der Waals surface area contributed by atoms with Crippen LogP contribution in [0.1, 0.15) is 5.56 Å². The summed E-state index contributed by atoms with van der Waals surface area (Å²) in [5.41, 5.74) is 2.80. The van der Waals surface area contributed by atoms with E-state index in [1.54, 1.807) is 27.8 Å². The lowest BCUT2D eigenvalue weighted by molar-refractivity contribution is 0.756. The number of aryl methyl sites for hydroxylation is 1. The summed E-state index contributed by atoms with van der Waals surface area (Å²) in [4.78, 5) is 13.1. The van der Waals surface area contributed by atoms with Gasteiger partial charge in [-0.05, 0) is 47.5 Å². The van der Waals surface area contributed by atoms with E-state index in [4.69, 9.17) is 0 Å². The third-order valence-electron chi connectivity index (χ3n) is 3.22. The van der Waals surface area contributed by atoms with Crippen molar-refractivity contribution >= 4 is 45.2 Å². The molecule has 0 radical (unpaired) electrons. The zero-order valence-corrected chi connectivity index (χ0v) is 15.2. The molecular weight excluding hydrogens is 362 g/mol. The summed E-state index contributed by atoms with van der Waals surface area (Å²) in [6, 6.07) is 8.04. The summed E-state index contributed by atoms with van der Waals surface area (Å²) in [5.74, 6) is 0. The molecule has 0 unspecified atom stereocenters. The van der Waals surface area contributed by atoms with Crippen LogP contribution in [0.25, 0.3) is 16.0 Å². The minimum absolute atomic E-state index is 0.651. The summed E-state index contributed by atoms with van der Waals surface area (Å²) in [7, 11) is 0. The van der Waals surface area contributed by atoms with Gasteiger partial charge in [0.05, 0.1) is 5.69 Å². The number of fused-ring (bicyclic) bond motifs is 1. The second-order valence-electron chi connectivity index (χ2n) is 4.83. The van der Waals surface area contributed by atoms with Crippen LogP contribution in [-0.2, 0) is 0 Å². The van der Waals surface area contributed by atoms with E-state index in [1.807, 2.05) is 37.4 Å². The summed E-state index contributed by atoms with van der Waals surface area (Å²) >= 11 is 4.59. The number of thioether (sulfide) groups is 1. The molecule has 0 saturated carbocycles. The van der Waals surface area contributed by atoms with E-state index < -0.39 is 0 Å². The average Bonchev–Trinajstić information content (AvgIpc) is 3.22. The van der Waals surface area contributed by atoms with Gasteiger partial charge in [0.1, 0.15) is 16.1 Å². The van der Waals surface area contributed by atoms with Gasteiger partial charge in [0.25, 0.3) is 0 Å². The number of hydrogen-bond donors (Lipinski definition) is 0. The molecule has 10 heteroatoms. The fraction of sp³-hybridized carbons (Fsp3) is 0.143. The molecule has 0 aliphatic rings. The summed E-state index contributed by atoms with van der Waals surface area (Å²) < 4.78 is 3.62. The van der Waals surface area contributed by atoms with Crippen molar-refractivity contribution in [1.29, 1.82) is 0 Å². The SMILES string of the molecule is CSc1nc2ncnc(Sc3nnnn3-c3ccc(C)cc3)c2s1. The van der Waals surface area contributed by atoms with Crippen LogP contribution in [-0.4, -0.2) is 41.4 Å². The van der Waals surface area contributed by atoms with Gasteiger partial charge in [-0.3, -0.25) is 0 Å². The lowest BCUT2D eigenvalue weighted by Crippen LogP contribution is -1.99. The molecule has 0 atom stereocenters. The van der Waals surface area contributed by atoms with Crippen molar-refractivity contribution in [2.75, 3.05) is 6.26 Å². The molecule has 3 heterocycles. The number of benzene rings is 1. The molecule has 24 heavy (non-hydrogen) atoms. The molecule has 0 bridgehead atoms. The van der Waals surface area contributed by atoms with Crippen LogP contribution in [0, 0.1) is 6.92 Å². The molecule has 7 nitrogen and oxygen atoms in total. The largest absolute Gasteiger partial charge is 0.228 e. The van der Waals surface area contributed by atoms with Gasteiger partial charge >= 0.3 is 0 Å². The van der Waals surface area contributed by atoms with Gasteiger partial charge in [-0.2, -0.15) is 4.68 Å². The lowest BCUT2D eigenvalue weighted by Gasteiger charge is -2.04. The Kier molecular flexibility index (Phi) is 4.17. The second-order valence-corrected chi connectivity index (χ2v) is 7.83. The van der Waals surface area contributed by atoms with Crippen LogP contribution >= 0.6 is 34.9 Å². The van der Waals surface area contributed by atoms with Crippen molar-refractivity contribution < 1.29 is 0 Å². The van der Waals surface area contributed by atoms with Gasteiger partial charge in [0, 0.05) is 0 Å². The highest BCUT2D eigenvalue weighted by atomic mass is 32.2. The monoisotopic (exact) mass is 373 g/mol. The highest BCUT2D eigenvalue weighted by Gasteiger charge is 2.16. The Bertz CT molecular complexity index is 993. The standard InChI is InChI=1S/C14H11N7S3/c1-8-3-5-9(6-4-8)21-13(18-19-20-21)24-12-10-11(15-7-16-12)17-14(22-2)23-10/h3-7H,1-2H3. The topological polar surface area (TPSA) is 82.3 Å². The molecule has 0 fully saturated rings. The Balaban J connectivity index is 1.73. The quantitative estimate of drug-likeness (QED) is 0.398. The van der Waals surface area contributed by atoms with Crippen molar-refractivity contribution in [3.8, 4) is 5.69 Å². The highest BCUT2D eigenvalue weighted by molar-refractivity contribution is 8.00. The first-order chi connectivity index (χ1) is 11.7. The van der Waals surface area contributed by atoms with E-state index in [0.717, 1.165) is 19.8 Å². The molecule has 0 aliphatic carbocycles. The van der Waals surface area contributed by atoms with Crippen molar-refractivity contribution in [1.82, 2.24) is 35.2 Å². The van der Waals surface area contributed by atoms with E-state index >= 15 is 0 Å². The zero-order valence-electron chi connectivity index (χ0n) is 12.7. The van der Waals surface area contributed by atoms with Gasteiger partial charge in [-0.25, -0.2) is 15.0 Å². The second kappa shape index (κ2) is 6.46. The predicted molar refractivity (Wildman–Crippen MR) is 95.0 cm³/mol. The van der Waals surface area contributed by atoms with Crippen LogP contribution in [0.4, 0.5) is 0 Å². The van der Waals surface area contributed by atoms with Crippen molar-refractivity contribution in [2.45, 2.75) is 21.4 Å². The fourth-order valence-electron chi connectivity index (χ4n) is 2.05. The van der Waals surface area contributed by atoms with Gasteiger partial charge in [0.2, 0.25) is 5.16 Å². The van der Waals surface area contributed by atoms with Crippen LogP contribution in [0.5, 0.6) is 0 Å². The third-order valence-corrected chi connectivity index (χ3v) is 6.33. The Labute approximate surface area is 149 Å². The first-order valence-electron chi connectivity index (χ1n) is 6.93. The molecule has 120 valence electrons. The molecule has 0 saturated heterocycles. The number of hydrogen-bond acceptors (Lipinski definition) is 9. The average molecular weight is 373 g/mol. The van der Waals surface area contributed by atoms with E-state index in [9.17, 15) is 0 Å². The molecule has 0 spiro atoms. The Hall–Kier alpha value is -2.04. The third kappa shape index (κ3) is 2.87. The Morgan fingerprint density at radius 3 is 2.75 bits per heavy atom. The van der Waals surface area contributed by atoms with Gasteiger partial charge < -0.3 is 0 Å². The Morgan fingerprint density at radius 2 is 1.96 bits per heavy atom. The Morgan fingerprint density at radius 1 is 1.12 bits per heavy atom. The maximum absolute atomic E-state index is 4.47. The minimum Gasteiger partial charge on any atom is -0.228 e. The number of rotatable bonds is 4. The first-order valence-corrected chi connectivity index (χ1v) is 9.79. The number of tetrazole rings is 1. The van der Waals surface area contributed by atoms with Crippen LogP contribution < -0.4 is 0 Å². The van der Waals surface area contributed by atoms with Gasteiger partial charge in [-0.15, -0.1) is 16.4 Å². The van der Waals surface area contributed by atoms with Crippen molar-refractivity contribution in [2.24, 2.45) is 0 Å². The van der Waals surface area contributed by atoms with E-state index in [-0.39, 0.29) is 0 Å². The van der Waals surface area contributed by atoms with E-state index in [0.29, 0.717) is 10.8 Å². The van der Waals surface area contributed by atoms with E-state index in [2.05, 4.69) is 30.5 Å². The van der Waals surface area contributed by atoms with Crippen LogP contribution in [0.15, 0.2) is 45.1 Å². The maximum Gasteiger partial charge on any atom is 0.220 e. The molecule has 3 aromatic heterocycles. The molecule has 1 aromatic carbocycles. The van der Waals surface area contributed by atoms with Crippen LogP contribution in [0.3, 0.4) is 0 Å². The van der Waals surface area contributed by atoms with Crippen molar-refractivity contribution in [3.63, 3.8) is 0 Å². The number of aromatic nitrogens is 7. The summed E-state index contributed by atoms with van der Waals surface area (Å²) in [6.07, 6.45) is 3.52. The fourth-order valence-corrected chi connectivity index (χ4v) is 4.46. The van der Waals surface area contributed by atoms with Gasteiger partial charge in [0.15, 0.2) is 9.99 Å². The first kappa shape index (κ1) is 15.5. The number of thiazole rings is 1. The van der Waals surface area contributed by atoms with E-state index in [1.165, 1.54) is 23.7 Å². The molecular formula is C14H11N7S3. The highest BCUT2D eigenvalue weighted by Crippen LogP contribution is 2.35. The molecule has 4 aromatic rings. The summed E-state index contributed by atoms with van der Waals surface area (Å²) in [5, 5.41) is 13.5. The maximum atomic E-state index is 4.47. The normalized spacial score (nSPS) is 11.2. The molecule has 0 amide bonds. The lowest BCUT2D eigenvalue weighted by atomic mass is 10.2. The predicted octanol–water partition coefficient (Wildman–Crippen LogP) is 3.24. The molecule has 0 aliphatic heterocycles. The smallest absolute Gasteiger partial charge is 0.220 e. The van der Waals surface area contributed by atoms with Gasteiger partial charge in [-0.1, -0.05) is 29.5 Å². The van der Waals surface area contributed by atoms with Crippen molar-refractivity contribution in [3.05, 3.63) is 36.2 Å². The molecule has 0 N–H and O–H groups in total. The molecule has 4 rings (SSSR count). The minimum atomic E-state index is 0.651. The number of nitrogens with zero attached hydrogens (tertiary/aromatic N) is 7.